The Hall–Kier alpha value is 0.430. The lowest BCUT2D eigenvalue weighted by Crippen LogP contribution is -2.18. The molecule has 2 rings (SSSR count). The molecule has 0 aromatic rings. The Kier molecular flexibility index (Phi) is 4.29. The third-order valence-corrected chi connectivity index (χ3v) is 4.95. The minimum atomic E-state index is 0.942. The average molecular weight is 212 g/mol. The fraction of sp³-hybridized carbons (Fsp3) is 1.00. The first-order valence-electron chi connectivity index (χ1n) is 6.60. The van der Waals surface area contributed by atoms with E-state index in [1.54, 1.807) is 19.3 Å². The van der Waals surface area contributed by atoms with Gasteiger partial charge in [0.15, 0.2) is 0 Å². The van der Waals surface area contributed by atoms with Crippen molar-refractivity contribution in [3.63, 3.8) is 0 Å². The van der Waals surface area contributed by atoms with Gasteiger partial charge in [0.25, 0.3) is 0 Å². The Balaban J connectivity index is 1.68. The monoisotopic (exact) mass is 212 g/mol. The molecule has 82 valence electrons. The van der Waals surface area contributed by atoms with E-state index in [1.807, 2.05) is 0 Å². The zero-order chi connectivity index (χ0) is 9.80. The molecule has 0 heterocycles. The minimum Gasteiger partial charge on any atom is -0.134 e. The largest absolute Gasteiger partial charge is 0.134 e. The first kappa shape index (κ1) is 10.9. The van der Waals surface area contributed by atoms with Crippen LogP contribution < -0.4 is 0 Å². The molecule has 0 nitrogen and oxygen atoms in total. The molecule has 1 atom stereocenters. The highest BCUT2D eigenvalue weighted by molar-refractivity contribution is 7.17. The molecule has 14 heavy (non-hydrogen) atoms. The van der Waals surface area contributed by atoms with E-state index < -0.39 is 0 Å². The van der Waals surface area contributed by atoms with Crippen molar-refractivity contribution in [2.24, 2.45) is 11.8 Å². The summed E-state index contributed by atoms with van der Waals surface area (Å²) in [5, 5.41) is 0. The lowest BCUT2D eigenvalue weighted by molar-refractivity contribution is 0.247. The van der Waals surface area contributed by atoms with Gasteiger partial charge < -0.3 is 0 Å². The summed E-state index contributed by atoms with van der Waals surface area (Å²) in [5.41, 5.74) is 0.942. The van der Waals surface area contributed by atoms with E-state index in [2.05, 4.69) is 9.24 Å². The molecule has 1 unspecified atom stereocenters. The van der Waals surface area contributed by atoms with Gasteiger partial charge in [0.2, 0.25) is 0 Å². The second kappa shape index (κ2) is 5.50. The van der Waals surface area contributed by atoms with Crippen molar-refractivity contribution in [1.82, 2.24) is 0 Å². The zero-order valence-corrected chi connectivity index (χ0v) is 10.5. The summed E-state index contributed by atoms with van der Waals surface area (Å²) in [6, 6.07) is 0. The summed E-state index contributed by atoms with van der Waals surface area (Å²) in [6.07, 6.45) is 15.2. The number of hydrogen-bond donors (Lipinski definition) is 0. The first-order chi connectivity index (χ1) is 6.84. The van der Waals surface area contributed by atoms with Gasteiger partial charge in [-0.05, 0) is 49.6 Å². The molecular weight excluding hydrogens is 187 g/mol. The Labute approximate surface area is 91.4 Å². The smallest absolute Gasteiger partial charge is 0.0264 e. The molecule has 0 aromatic carbocycles. The molecule has 0 amide bonds. The third-order valence-electron chi connectivity index (χ3n) is 4.28. The molecule has 2 fully saturated rings. The van der Waals surface area contributed by atoms with Crippen LogP contribution in [0.5, 0.6) is 0 Å². The standard InChI is InChI=1S/C13H25P/c14-13-8-6-12(7-9-13)10-11-4-2-1-3-5-11/h11-13H,1-10,14H2. The average Bonchev–Trinajstić information content (AvgIpc) is 2.23. The van der Waals surface area contributed by atoms with Crippen molar-refractivity contribution in [3.05, 3.63) is 0 Å². The maximum absolute atomic E-state index is 3.01. The van der Waals surface area contributed by atoms with Crippen molar-refractivity contribution < 1.29 is 0 Å². The van der Waals surface area contributed by atoms with Crippen LogP contribution in [0.15, 0.2) is 0 Å². The van der Waals surface area contributed by atoms with Gasteiger partial charge >= 0.3 is 0 Å². The van der Waals surface area contributed by atoms with Crippen LogP contribution in [0.1, 0.15) is 64.2 Å². The van der Waals surface area contributed by atoms with Crippen LogP contribution in [0, 0.1) is 11.8 Å². The summed E-state index contributed by atoms with van der Waals surface area (Å²) >= 11 is 0. The molecule has 2 aliphatic rings. The summed E-state index contributed by atoms with van der Waals surface area (Å²) in [6.45, 7) is 0. The molecule has 2 aliphatic carbocycles. The van der Waals surface area contributed by atoms with Crippen LogP contribution in [0.25, 0.3) is 0 Å². The van der Waals surface area contributed by atoms with Gasteiger partial charge in [-0.3, -0.25) is 0 Å². The lowest BCUT2D eigenvalue weighted by Gasteiger charge is -2.30. The highest BCUT2D eigenvalue weighted by atomic mass is 31.0. The predicted octanol–water partition coefficient (Wildman–Crippen LogP) is 4.39. The van der Waals surface area contributed by atoms with E-state index in [1.165, 1.54) is 44.9 Å². The van der Waals surface area contributed by atoms with Crippen LogP contribution >= 0.6 is 9.24 Å². The van der Waals surface area contributed by atoms with Crippen LogP contribution in [0.3, 0.4) is 0 Å². The van der Waals surface area contributed by atoms with Gasteiger partial charge in [0.05, 0.1) is 0 Å². The van der Waals surface area contributed by atoms with Crippen LogP contribution in [-0.4, -0.2) is 5.66 Å². The van der Waals surface area contributed by atoms with Crippen molar-refractivity contribution >= 4 is 9.24 Å². The van der Waals surface area contributed by atoms with Crippen molar-refractivity contribution in [2.75, 3.05) is 0 Å². The van der Waals surface area contributed by atoms with Gasteiger partial charge in [0, 0.05) is 0 Å². The first-order valence-corrected chi connectivity index (χ1v) is 7.27. The molecule has 0 aliphatic heterocycles. The van der Waals surface area contributed by atoms with Gasteiger partial charge in [-0.2, -0.15) is 0 Å². The Morgan fingerprint density at radius 3 is 1.93 bits per heavy atom. The fourth-order valence-electron chi connectivity index (χ4n) is 3.32. The molecule has 0 bridgehead atoms. The van der Waals surface area contributed by atoms with E-state index in [-0.39, 0.29) is 0 Å². The minimum absolute atomic E-state index is 0.942. The normalized spacial score (nSPS) is 35.8. The van der Waals surface area contributed by atoms with E-state index in [0.717, 1.165) is 17.5 Å². The molecule has 0 saturated heterocycles. The summed E-state index contributed by atoms with van der Waals surface area (Å²) < 4.78 is 0. The topological polar surface area (TPSA) is 0 Å². The van der Waals surface area contributed by atoms with Crippen molar-refractivity contribution in [3.8, 4) is 0 Å². The summed E-state index contributed by atoms with van der Waals surface area (Å²) in [7, 11) is 3.01. The second-order valence-corrected chi connectivity index (χ2v) is 6.46. The molecule has 0 N–H and O–H groups in total. The fourth-order valence-corrected chi connectivity index (χ4v) is 3.70. The molecule has 0 spiro atoms. The number of hydrogen-bond acceptors (Lipinski definition) is 0. The van der Waals surface area contributed by atoms with Gasteiger partial charge in [-0.15, -0.1) is 9.24 Å². The van der Waals surface area contributed by atoms with Gasteiger partial charge in [0.1, 0.15) is 0 Å². The van der Waals surface area contributed by atoms with Gasteiger partial charge in [-0.25, -0.2) is 0 Å². The molecule has 0 radical (unpaired) electrons. The summed E-state index contributed by atoms with van der Waals surface area (Å²) in [4.78, 5) is 0. The SMILES string of the molecule is PC1CCC(CC2CCCCC2)CC1. The van der Waals surface area contributed by atoms with E-state index in [4.69, 9.17) is 0 Å². The predicted molar refractivity (Wildman–Crippen MR) is 66.6 cm³/mol. The molecule has 2 saturated carbocycles. The van der Waals surface area contributed by atoms with Crippen molar-refractivity contribution in [2.45, 2.75) is 69.9 Å². The highest BCUT2D eigenvalue weighted by Crippen LogP contribution is 2.36. The van der Waals surface area contributed by atoms with Crippen LogP contribution in [0.2, 0.25) is 0 Å². The Morgan fingerprint density at radius 2 is 1.29 bits per heavy atom. The Morgan fingerprint density at radius 1 is 0.714 bits per heavy atom. The zero-order valence-electron chi connectivity index (χ0n) is 9.38. The summed E-state index contributed by atoms with van der Waals surface area (Å²) in [5.74, 6) is 2.20. The van der Waals surface area contributed by atoms with Crippen molar-refractivity contribution in [1.29, 1.82) is 0 Å². The van der Waals surface area contributed by atoms with E-state index in [0.29, 0.717) is 0 Å². The lowest BCUT2D eigenvalue weighted by atomic mass is 9.77. The van der Waals surface area contributed by atoms with Crippen LogP contribution in [-0.2, 0) is 0 Å². The maximum atomic E-state index is 3.01. The maximum Gasteiger partial charge on any atom is -0.0264 e. The number of rotatable bonds is 2. The molecular formula is C13H25P. The second-order valence-electron chi connectivity index (χ2n) is 5.52. The highest BCUT2D eigenvalue weighted by Gasteiger charge is 2.22. The third kappa shape index (κ3) is 3.23. The quantitative estimate of drug-likeness (QED) is 0.595. The molecule has 0 aromatic heterocycles. The molecule has 1 heteroatoms. The Bertz CT molecular complexity index is 153. The van der Waals surface area contributed by atoms with E-state index >= 15 is 0 Å². The van der Waals surface area contributed by atoms with Crippen LogP contribution in [0.4, 0.5) is 0 Å². The van der Waals surface area contributed by atoms with E-state index in [9.17, 15) is 0 Å². The van der Waals surface area contributed by atoms with Gasteiger partial charge in [-0.1, -0.05) is 32.1 Å².